The van der Waals surface area contributed by atoms with Gasteiger partial charge in [0.25, 0.3) is 0 Å². The molecular weight excluding hydrogens is 1210 g/mol. The average molecular weight is 1250 g/mol. The van der Waals surface area contributed by atoms with Gasteiger partial charge in [0.15, 0.2) is 40.2 Å². The summed E-state index contributed by atoms with van der Waals surface area (Å²) in [4.78, 5) is 30.6. The van der Waals surface area contributed by atoms with Gasteiger partial charge >= 0.3 is 0 Å². The monoisotopic (exact) mass is 1240 g/mol. The number of aromatic nitrogens is 5. The van der Waals surface area contributed by atoms with Crippen molar-refractivity contribution < 1.29 is 0 Å². The van der Waals surface area contributed by atoms with Gasteiger partial charge < -0.3 is 9.13 Å². The minimum Gasteiger partial charge on any atom is -0.309 e. The summed E-state index contributed by atoms with van der Waals surface area (Å²) in [5, 5.41) is 54.9. The average Bonchev–Trinajstić information content (AvgIpc) is 1.51. The van der Waals surface area contributed by atoms with Gasteiger partial charge in [-0.1, -0.05) is 121 Å². The molecule has 0 spiro atoms. The molecule has 0 unspecified atom stereocenters. The van der Waals surface area contributed by atoms with Crippen LogP contribution in [0.3, 0.4) is 0 Å². The molecule has 446 valence electrons. The van der Waals surface area contributed by atoms with Gasteiger partial charge in [0.05, 0.1) is 90.0 Å². The van der Waals surface area contributed by atoms with E-state index in [-0.39, 0.29) is 0 Å². The number of fused-ring (bicyclic) bond motifs is 6. The molecule has 0 atom stereocenters. The first kappa shape index (κ1) is 59.0. The number of hydrogen-bond acceptors (Lipinski definition) is 8. The molecule has 14 nitrogen and oxygen atoms in total. The normalized spacial score (nSPS) is 10.8. The summed E-state index contributed by atoms with van der Waals surface area (Å²) in [5.74, 6) is 1.20. The van der Waals surface area contributed by atoms with E-state index in [4.69, 9.17) is 41.2 Å². The quantitative estimate of drug-likeness (QED) is 0.121. The Balaban J connectivity index is 1.04. The smallest absolute Gasteiger partial charge is 0.196 e. The Morgan fingerprint density at radius 2 is 0.684 bits per heavy atom. The zero-order valence-electron chi connectivity index (χ0n) is 51.4. The number of benzene rings is 12. The van der Waals surface area contributed by atoms with Crippen molar-refractivity contribution in [1.82, 2.24) is 24.1 Å². The molecule has 0 radical (unpaired) electrons. The zero-order valence-corrected chi connectivity index (χ0v) is 51.4. The van der Waals surface area contributed by atoms with Crippen LogP contribution in [0.5, 0.6) is 0 Å². The summed E-state index contributed by atoms with van der Waals surface area (Å²) in [7, 11) is 0. The first-order valence-electron chi connectivity index (χ1n) is 30.5. The van der Waals surface area contributed by atoms with E-state index in [1.165, 1.54) is 0 Å². The van der Waals surface area contributed by atoms with Gasteiger partial charge in [-0.05, 0) is 171 Å². The van der Waals surface area contributed by atoms with E-state index in [9.17, 15) is 26.3 Å². The van der Waals surface area contributed by atoms with E-state index in [0.29, 0.717) is 118 Å². The number of nitrogens with zero attached hydrogens (tertiary/aromatic N) is 14. The third kappa shape index (κ3) is 10.1. The fourth-order valence-electron chi connectivity index (χ4n) is 13.1. The largest absolute Gasteiger partial charge is 0.309 e. The lowest BCUT2D eigenvalue weighted by Gasteiger charge is -2.19. The molecule has 3 aromatic heterocycles. The predicted molar refractivity (Wildman–Crippen MR) is 381 cm³/mol. The molecule has 0 bridgehead atoms. The van der Waals surface area contributed by atoms with E-state index < -0.39 is 0 Å². The van der Waals surface area contributed by atoms with Gasteiger partial charge in [-0.15, -0.1) is 0 Å². The third-order valence-electron chi connectivity index (χ3n) is 17.6. The van der Waals surface area contributed by atoms with Crippen LogP contribution in [0, 0.1) is 82.9 Å². The Labute approximate surface area is 561 Å². The van der Waals surface area contributed by atoms with Crippen molar-refractivity contribution >= 4 is 66.4 Å². The van der Waals surface area contributed by atoms with Crippen LogP contribution in [0.2, 0.25) is 0 Å². The van der Waals surface area contributed by atoms with Crippen molar-refractivity contribution in [2.24, 2.45) is 0 Å². The second-order valence-corrected chi connectivity index (χ2v) is 23.0. The molecule has 0 N–H and O–H groups in total. The standard InChI is InChI=1S/C84H40N14/c1-90-61-22-27-64(59(38-61)48-88)55-18-33-80-73(40-55)74-41-56(65-28-23-62(91-2)39-60(65)49-89)19-34-81(74)98(80)79-30-17-50(45-85)35-70(79)69-44-63(24-29-68(69)84-95-82(53-11-7-5-8-12-53)94-83(96-84)54-13-9-6-10-14-54)97-77-31-20-57(66-25-15-51(46-86)36-75(66)92-3)42-71(77)72-43-58(21-32-78(72)97)67-26-16-52(47-87)37-76(67)93-4/h5-44H. The Kier molecular flexibility index (Phi) is 14.7. The highest BCUT2D eigenvalue weighted by atomic mass is 15.0. The number of rotatable bonds is 10. The van der Waals surface area contributed by atoms with Gasteiger partial charge in [0, 0.05) is 71.7 Å². The molecule has 15 aromatic rings. The van der Waals surface area contributed by atoms with Gasteiger partial charge in [-0.25, -0.2) is 34.3 Å². The molecule has 0 aliphatic heterocycles. The lowest BCUT2D eigenvalue weighted by molar-refractivity contribution is 1.07. The van der Waals surface area contributed by atoms with Crippen LogP contribution in [0.15, 0.2) is 243 Å². The van der Waals surface area contributed by atoms with Crippen molar-refractivity contribution in [3.05, 3.63) is 316 Å². The number of hydrogen-bond donors (Lipinski definition) is 0. The second kappa shape index (κ2) is 24.4. The highest BCUT2D eigenvalue weighted by molar-refractivity contribution is 6.14. The summed E-state index contributed by atoms with van der Waals surface area (Å²) in [5.41, 5.74) is 16.3. The summed E-state index contributed by atoms with van der Waals surface area (Å²) < 4.78 is 4.30. The summed E-state index contributed by atoms with van der Waals surface area (Å²) in [6, 6.07) is 86.7. The van der Waals surface area contributed by atoms with Gasteiger partial charge in [0.1, 0.15) is 0 Å². The van der Waals surface area contributed by atoms with Crippen molar-refractivity contribution in [2.45, 2.75) is 0 Å². The molecule has 14 heteroatoms. The summed E-state index contributed by atoms with van der Waals surface area (Å²) in [6.07, 6.45) is 0. The maximum absolute atomic E-state index is 11.1. The van der Waals surface area contributed by atoms with Gasteiger partial charge in [-0.3, -0.25) is 0 Å². The van der Waals surface area contributed by atoms with Crippen LogP contribution < -0.4 is 0 Å². The molecular formula is C84H40N14. The second-order valence-electron chi connectivity index (χ2n) is 23.0. The summed E-state index contributed by atoms with van der Waals surface area (Å²) >= 11 is 0. The summed E-state index contributed by atoms with van der Waals surface area (Å²) in [6.45, 7) is 31.8. The van der Waals surface area contributed by atoms with Crippen LogP contribution in [-0.2, 0) is 0 Å². The number of nitriles is 5. The van der Waals surface area contributed by atoms with E-state index in [2.05, 4.69) is 64.9 Å². The zero-order chi connectivity index (χ0) is 67.1. The highest BCUT2D eigenvalue weighted by Gasteiger charge is 2.26. The lowest BCUT2D eigenvalue weighted by atomic mass is 9.94. The van der Waals surface area contributed by atoms with Crippen LogP contribution >= 0.6 is 0 Å². The fraction of sp³-hybridized carbons (Fsp3) is 0. The van der Waals surface area contributed by atoms with Crippen LogP contribution in [0.4, 0.5) is 22.7 Å². The molecule has 0 aliphatic carbocycles. The highest BCUT2D eigenvalue weighted by Crippen LogP contribution is 2.47. The first-order chi connectivity index (χ1) is 48.1. The third-order valence-corrected chi connectivity index (χ3v) is 17.6. The maximum atomic E-state index is 11.1. The molecule has 98 heavy (non-hydrogen) atoms. The SMILES string of the molecule is [C-]#[N+]c1ccc(-c2ccc3c(c2)c2cc(-c4ccc([N+]#[C-])cc4C#N)ccc2n3-c2ccc(C#N)cc2-c2cc(-n3c4ccc(-c5ccc(C#N)cc5[N+]#[C-])cc4c4cc(-c5ccc(C#N)cc5[N+]#[C-])ccc43)ccc2-c2nc(-c3ccccc3)nc(-c3ccccc3)n2)c(C#N)c1. The van der Waals surface area contributed by atoms with E-state index in [0.717, 1.165) is 77.0 Å². The Morgan fingerprint density at radius 3 is 1.11 bits per heavy atom. The van der Waals surface area contributed by atoms with Crippen molar-refractivity contribution in [1.29, 1.82) is 26.3 Å². The van der Waals surface area contributed by atoms with Gasteiger partial charge in [0.2, 0.25) is 0 Å². The molecule has 0 saturated carbocycles. The minimum atomic E-state index is 0.316. The van der Waals surface area contributed by atoms with E-state index in [1.54, 1.807) is 78.9 Å². The molecule has 0 amide bonds. The molecule has 0 saturated heterocycles. The maximum Gasteiger partial charge on any atom is 0.196 e. The lowest BCUT2D eigenvalue weighted by Crippen LogP contribution is -2.04. The van der Waals surface area contributed by atoms with Crippen LogP contribution in [0.25, 0.3) is 164 Å². The Morgan fingerprint density at radius 1 is 0.286 bits per heavy atom. The molecule has 0 aliphatic rings. The van der Waals surface area contributed by atoms with Crippen molar-refractivity contribution in [3.63, 3.8) is 0 Å². The van der Waals surface area contributed by atoms with E-state index in [1.807, 2.05) is 158 Å². The van der Waals surface area contributed by atoms with Crippen molar-refractivity contribution in [3.8, 4) is 132 Å². The predicted octanol–water partition coefficient (Wildman–Crippen LogP) is 21.0. The van der Waals surface area contributed by atoms with Crippen LogP contribution in [-0.4, -0.2) is 24.1 Å². The molecule has 3 heterocycles. The molecule has 15 rings (SSSR count). The van der Waals surface area contributed by atoms with E-state index >= 15 is 0 Å². The minimum absolute atomic E-state index is 0.316. The Bertz CT molecular complexity index is 6050. The molecule has 0 fully saturated rings. The van der Waals surface area contributed by atoms with Crippen molar-refractivity contribution in [2.75, 3.05) is 0 Å². The first-order valence-corrected chi connectivity index (χ1v) is 30.5. The van der Waals surface area contributed by atoms with Crippen LogP contribution in [0.1, 0.15) is 27.8 Å². The van der Waals surface area contributed by atoms with Gasteiger partial charge in [-0.2, -0.15) is 26.3 Å². The topological polar surface area (TPSA) is 185 Å². The fourth-order valence-corrected chi connectivity index (χ4v) is 13.1. The Hall–Kier alpha value is -15.3. The molecule has 12 aromatic carbocycles.